The van der Waals surface area contributed by atoms with Crippen molar-refractivity contribution in [2.45, 2.75) is 13.0 Å². The number of benzene rings is 1. The van der Waals surface area contributed by atoms with Gasteiger partial charge in [0.1, 0.15) is 5.82 Å². The van der Waals surface area contributed by atoms with Crippen molar-refractivity contribution in [2.24, 2.45) is 10.8 Å². The quantitative estimate of drug-likeness (QED) is 0.294. The standard InChI is InChI=1S/C10H15FN4/c1-7(14-10(13-2)15-12)8-5-3-4-6-9(8)11/h3-7H,12H2,1-2H3,(H2,13,14,15). The summed E-state index contributed by atoms with van der Waals surface area (Å²) in [7, 11) is 1.59. The number of nitrogens with two attached hydrogens (primary N) is 1. The van der Waals surface area contributed by atoms with E-state index in [9.17, 15) is 4.39 Å². The Hall–Kier alpha value is -1.62. The van der Waals surface area contributed by atoms with E-state index in [0.717, 1.165) is 0 Å². The summed E-state index contributed by atoms with van der Waals surface area (Å²) in [6.45, 7) is 1.83. The predicted octanol–water partition coefficient (Wildman–Crippen LogP) is 0.925. The Kier molecular flexibility index (Phi) is 4.05. The summed E-state index contributed by atoms with van der Waals surface area (Å²) >= 11 is 0. The first kappa shape index (κ1) is 11.5. The summed E-state index contributed by atoms with van der Waals surface area (Å²) in [6, 6.07) is 6.39. The molecular formula is C10H15FN4. The van der Waals surface area contributed by atoms with E-state index in [1.165, 1.54) is 6.07 Å². The highest BCUT2D eigenvalue weighted by molar-refractivity contribution is 5.79. The zero-order chi connectivity index (χ0) is 11.3. The van der Waals surface area contributed by atoms with Crippen LogP contribution in [0.4, 0.5) is 4.39 Å². The molecule has 1 aromatic carbocycles. The number of hydrazine groups is 1. The van der Waals surface area contributed by atoms with Gasteiger partial charge in [-0.25, -0.2) is 10.2 Å². The highest BCUT2D eigenvalue weighted by Crippen LogP contribution is 2.15. The molecule has 0 spiro atoms. The van der Waals surface area contributed by atoms with Gasteiger partial charge in [0.2, 0.25) is 5.96 Å². The van der Waals surface area contributed by atoms with Gasteiger partial charge in [-0.3, -0.25) is 10.4 Å². The molecule has 0 aliphatic rings. The number of rotatable bonds is 2. The summed E-state index contributed by atoms with van der Waals surface area (Å²) in [5.74, 6) is 5.39. The Morgan fingerprint density at radius 3 is 2.67 bits per heavy atom. The largest absolute Gasteiger partial charge is 0.349 e. The summed E-state index contributed by atoms with van der Waals surface area (Å²) in [6.07, 6.45) is 0. The molecule has 0 aromatic heterocycles. The number of guanidine groups is 1. The van der Waals surface area contributed by atoms with E-state index in [-0.39, 0.29) is 11.9 Å². The van der Waals surface area contributed by atoms with Crippen molar-refractivity contribution >= 4 is 5.96 Å². The van der Waals surface area contributed by atoms with Crippen LogP contribution < -0.4 is 16.6 Å². The Morgan fingerprint density at radius 2 is 2.13 bits per heavy atom. The van der Waals surface area contributed by atoms with E-state index in [4.69, 9.17) is 5.84 Å². The molecule has 0 saturated carbocycles. The first-order valence-corrected chi connectivity index (χ1v) is 4.63. The third-order valence-corrected chi connectivity index (χ3v) is 2.09. The Labute approximate surface area is 88.4 Å². The zero-order valence-corrected chi connectivity index (χ0v) is 8.79. The third kappa shape index (κ3) is 2.92. The summed E-state index contributed by atoms with van der Waals surface area (Å²) in [5.41, 5.74) is 2.97. The molecule has 0 bridgehead atoms. The second-order valence-electron chi connectivity index (χ2n) is 3.10. The maximum atomic E-state index is 13.4. The lowest BCUT2D eigenvalue weighted by atomic mass is 10.1. The summed E-state index contributed by atoms with van der Waals surface area (Å²) < 4.78 is 13.4. The minimum Gasteiger partial charge on any atom is -0.349 e. The number of halogens is 1. The van der Waals surface area contributed by atoms with Gasteiger partial charge >= 0.3 is 0 Å². The second kappa shape index (κ2) is 5.31. The second-order valence-corrected chi connectivity index (χ2v) is 3.10. The number of nitrogens with zero attached hydrogens (tertiary/aromatic N) is 1. The fourth-order valence-electron chi connectivity index (χ4n) is 1.28. The molecule has 0 radical (unpaired) electrons. The van der Waals surface area contributed by atoms with Gasteiger partial charge in [0.05, 0.1) is 6.04 Å². The average molecular weight is 210 g/mol. The molecule has 1 atom stereocenters. The molecule has 1 unspecified atom stereocenters. The van der Waals surface area contributed by atoms with Crippen LogP contribution in [0.2, 0.25) is 0 Å². The maximum Gasteiger partial charge on any atom is 0.205 e. The molecule has 0 heterocycles. The molecule has 5 heteroatoms. The van der Waals surface area contributed by atoms with E-state index in [1.54, 1.807) is 25.2 Å². The van der Waals surface area contributed by atoms with Gasteiger partial charge in [0.25, 0.3) is 0 Å². The molecule has 4 nitrogen and oxygen atoms in total. The lowest BCUT2D eigenvalue weighted by Crippen LogP contribution is -2.42. The molecule has 82 valence electrons. The van der Waals surface area contributed by atoms with Crippen molar-refractivity contribution in [1.82, 2.24) is 10.7 Å². The van der Waals surface area contributed by atoms with Crippen molar-refractivity contribution in [3.8, 4) is 0 Å². The molecule has 0 aliphatic carbocycles. The van der Waals surface area contributed by atoms with Crippen molar-refractivity contribution < 1.29 is 4.39 Å². The van der Waals surface area contributed by atoms with Gasteiger partial charge in [0.15, 0.2) is 0 Å². The number of aliphatic imine (C=N–C) groups is 1. The van der Waals surface area contributed by atoms with Gasteiger partial charge in [-0.15, -0.1) is 0 Å². The van der Waals surface area contributed by atoms with Gasteiger partial charge in [-0.05, 0) is 13.0 Å². The molecule has 15 heavy (non-hydrogen) atoms. The third-order valence-electron chi connectivity index (χ3n) is 2.09. The van der Waals surface area contributed by atoms with Crippen LogP contribution in [0, 0.1) is 5.82 Å². The molecule has 4 N–H and O–H groups in total. The van der Waals surface area contributed by atoms with Crippen LogP contribution >= 0.6 is 0 Å². The van der Waals surface area contributed by atoms with Crippen LogP contribution in [0.15, 0.2) is 29.3 Å². The highest BCUT2D eigenvalue weighted by atomic mass is 19.1. The smallest absolute Gasteiger partial charge is 0.205 e. The molecule has 1 rings (SSSR count). The van der Waals surface area contributed by atoms with Crippen molar-refractivity contribution in [2.75, 3.05) is 7.05 Å². The van der Waals surface area contributed by atoms with Gasteiger partial charge in [0, 0.05) is 12.6 Å². The maximum absolute atomic E-state index is 13.4. The van der Waals surface area contributed by atoms with Crippen LogP contribution in [0.1, 0.15) is 18.5 Å². The van der Waals surface area contributed by atoms with Crippen LogP contribution in [-0.4, -0.2) is 13.0 Å². The lowest BCUT2D eigenvalue weighted by molar-refractivity contribution is 0.575. The SMILES string of the molecule is CN=C(NN)NC(C)c1ccccc1F. The topological polar surface area (TPSA) is 62.4 Å². The Balaban J connectivity index is 2.77. The average Bonchev–Trinajstić information content (AvgIpc) is 2.26. The Morgan fingerprint density at radius 1 is 1.47 bits per heavy atom. The monoisotopic (exact) mass is 210 g/mol. The van der Waals surface area contributed by atoms with E-state index in [1.807, 2.05) is 6.92 Å². The lowest BCUT2D eigenvalue weighted by Gasteiger charge is -2.16. The van der Waals surface area contributed by atoms with Gasteiger partial charge in [-0.2, -0.15) is 0 Å². The van der Waals surface area contributed by atoms with E-state index in [0.29, 0.717) is 11.5 Å². The van der Waals surface area contributed by atoms with Gasteiger partial charge in [-0.1, -0.05) is 18.2 Å². The Bertz CT molecular complexity index is 351. The summed E-state index contributed by atoms with van der Waals surface area (Å²) in [4.78, 5) is 3.85. The predicted molar refractivity (Wildman–Crippen MR) is 58.6 cm³/mol. The van der Waals surface area contributed by atoms with Crippen LogP contribution in [0.3, 0.4) is 0 Å². The number of hydrogen-bond donors (Lipinski definition) is 3. The van der Waals surface area contributed by atoms with Gasteiger partial charge < -0.3 is 5.32 Å². The van der Waals surface area contributed by atoms with E-state index >= 15 is 0 Å². The molecule has 0 amide bonds. The van der Waals surface area contributed by atoms with Crippen molar-refractivity contribution in [3.63, 3.8) is 0 Å². The van der Waals surface area contributed by atoms with Crippen molar-refractivity contribution in [3.05, 3.63) is 35.6 Å². The minimum atomic E-state index is -0.245. The summed E-state index contributed by atoms with van der Waals surface area (Å²) in [5, 5.41) is 2.95. The first-order valence-electron chi connectivity index (χ1n) is 4.63. The number of nitrogens with one attached hydrogen (secondary N) is 2. The van der Waals surface area contributed by atoms with E-state index in [2.05, 4.69) is 15.7 Å². The van der Waals surface area contributed by atoms with Crippen LogP contribution in [0.5, 0.6) is 0 Å². The van der Waals surface area contributed by atoms with Crippen LogP contribution in [-0.2, 0) is 0 Å². The molecule has 1 aromatic rings. The fraction of sp³-hybridized carbons (Fsp3) is 0.300. The highest BCUT2D eigenvalue weighted by Gasteiger charge is 2.10. The van der Waals surface area contributed by atoms with Crippen molar-refractivity contribution in [1.29, 1.82) is 0 Å². The van der Waals surface area contributed by atoms with E-state index < -0.39 is 0 Å². The fourth-order valence-corrected chi connectivity index (χ4v) is 1.28. The zero-order valence-electron chi connectivity index (χ0n) is 8.79. The molecule has 0 fully saturated rings. The molecule has 0 aliphatic heterocycles. The van der Waals surface area contributed by atoms with Crippen LogP contribution in [0.25, 0.3) is 0 Å². The number of hydrogen-bond acceptors (Lipinski definition) is 2. The normalized spacial score (nSPS) is 13.5. The minimum absolute atomic E-state index is 0.194. The molecule has 0 saturated heterocycles. The molecular weight excluding hydrogens is 195 g/mol. The first-order chi connectivity index (χ1) is 7.19.